The van der Waals surface area contributed by atoms with Crippen LogP contribution in [-0.2, 0) is 0 Å². The normalized spacial score (nSPS) is 4.33. The van der Waals surface area contributed by atoms with E-state index < -0.39 is 0 Å². The minimum atomic E-state index is 1.75. The third kappa shape index (κ3) is 31.6. The van der Waals surface area contributed by atoms with Crippen molar-refractivity contribution >= 4 is 0 Å². The second-order valence-corrected chi connectivity index (χ2v) is 0.600. The highest BCUT2D eigenvalue weighted by Gasteiger charge is 1.25. The largest absolute Gasteiger partial charge is 0.323 e. The third-order valence-electron chi connectivity index (χ3n) is 0. The zero-order valence-corrected chi connectivity index (χ0v) is 3.89. The smallest absolute Gasteiger partial charge is 0.00208 e. The number of hydrogen-bond donors (Lipinski definition) is 2. The van der Waals surface area contributed by atoms with Gasteiger partial charge in [0.15, 0.2) is 0 Å². The van der Waals surface area contributed by atoms with Crippen LogP contribution in [0.3, 0.4) is 0 Å². The molecule has 0 rings (SSSR count). The molecule has 6 heavy (non-hydrogen) atoms. The van der Waals surface area contributed by atoms with Crippen molar-refractivity contribution < 1.29 is 0 Å². The van der Waals surface area contributed by atoms with Crippen LogP contribution in [0.2, 0.25) is 0 Å². The Kier molecular flexibility index (Phi) is 42.4. The molecule has 0 atom stereocenters. The van der Waals surface area contributed by atoms with Gasteiger partial charge >= 0.3 is 0 Å². The molecule has 0 aromatic rings. The molecule has 0 saturated carbocycles. The second kappa shape index (κ2) is 28.3. The molecular formula is C2H8N4. The molecule has 0 aliphatic heterocycles. The van der Waals surface area contributed by atoms with Gasteiger partial charge in [-0.1, -0.05) is 0 Å². The van der Waals surface area contributed by atoms with Crippen LogP contribution in [0.5, 0.6) is 0 Å². The Bertz CT molecular complexity index is 34.8. The highest BCUT2D eigenvalue weighted by Crippen LogP contribution is 1.24. The highest BCUT2D eigenvalue weighted by atomic mass is 15.0. The lowest BCUT2D eigenvalue weighted by Gasteiger charge is -1.59. The summed E-state index contributed by atoms with van der Waals surface area (Å²) in [6.45, 7) is 0. The van der Waals surface area contributed by atoms with Crippen LogP contribution in [-0.4, -0.2) is 14.1 Å². The van der Waals surface area contributed by atoms with Crippen LogP contribution in [0.15, 0.2) is 0 Å². The Morgan fingerprint density at radius 3 is 1.67 bits per heavy atom. The van der Waals surface area contributed by atoms with Gasteiger partial charge in [-0.2, -0.15) is 0 Å². The summed E-state index contributed by atoms with van der Waals surface area (Å²) in [7, 11) is 3.75. The molecule has 0 fully saturated rings. The van der Waals surface area contributed by atoms with Crippen molar-refractivity contribution in [3.8, 4) is 0 Å². The first-order valence-electron chi connectivity index (χ1n) is 1.42. The quantitative estimate of drug-likeness (QED) is 0.255. The zero-order chi connectivity index (χ0) is 5.41. The summed E-state index contributed by atoms with van der Waals surface area (Å²) in [6.07, 6.45) is 0. The van der Waals surface area contributed by atoms with Crippen molar-refractivity contribution in [1.82, 2.24) is 5.32 Å². The lowest BCUT2D eigenvalue weighted by Crippen LogP contribution is -1.89. The average Bonchev–Trinajstić information content (AvgIpc) is 1.39. The molecule has 36 valence electrons. The van der Waals surface area contributed by atoms with Crippen molar-refractivity contribution in [2.45, 2.75) is 0 Å². The fraction of sp³-hybridized carbons (Fsp3) is 1.00. The monoisotopic (exact) mass is 88.1 g/mol. The van der Waals surface area contributed by atoms with E-state index in [9.17, 15) is 0 Å². The maximum Gasteiger partial charge on any atom is -0.00208 e. The summed E-state index contributed by atoms with van der Waals surface area (Å²) in [4.78, 5) is 1.75. The van der Waals surface area contributed by atoms with Crippen molar-refractivity contribution in [1.29, 1.82) is 5.53 Å². The molecule has 0 aromatic carbocycles. The third-order valence-corrected chi connectivity index (χ3v) is 0. The van der Waals surface area contributed by atoms with Crippen molar-refractivity contribution in [3.63, 3.8) is 0 Å². The van der Waals surface area contributed by atoms with E-state index in [4.69, 9.17) is 11.1 Å². The summed E-state index contributed by atoms with van der Waals surface area (Å²) in [5.74, 6) is 0. The molecule has 0 aromatic heterocycles. The second-order valence-electron chi connectivity index (χ2n) is 0.600. The van der Waals surface area contributed by atoms with Gasteiger partial charge in [0.1, 0.15) is 0 Å². The number of rotatable bonds is 0. The summed E-state index contributed by atoms with van der Waals surface area (Å²) >= 11 is 0. The van der Waals surface area contributed by atoms with Gasteiger partial charge < -0.3 is 5.32 Å². The predicted octanol–water partition coefficient (Wildman–Crippen LogP) is 0.711. The fourth-order valence-corrected chi connectivity index (χ4v) is 0. The Morgan fingerprint density at radius 2 is 1.67 bits per heavy atom. The van der Waals surface area contributed by atoms with E-state index in [0.717, 1.165) is 0 Å². The van der Waals surface area contributed by atoms with E-state index in [1.165, 1.54) is 0 Å². The Balaban J connectivity index is 0. The number of nitrogens with zero attached hydrogens (tertiary/aromatic N) is 2. The standard InChI is InChI=1S/C2H7N.HN3/c2*1-3-2/h3H,1-2H3;1H. The van der Waals surface area contributed by atoms with Gasteiger partial charge in [0.2, 0.25) is 0 Å². The molecular weight excluding hydrogens is 80.0 g/mol. The van der Waals surface area contributed by atoms with Crippen molar-refractivity contribution in [3.05, 3.63) is 10.4 Å². The van der Waals surface area contributed by atoms with E-state index in [2.05, 4.69) is 5.32 Å². The molecule has 0 heterocycles. The highest BCUT2D eigenvalue weighted by molar-refractivity contribution is 4.18. The van der Waals surface area contributed by atoms with Gasteiger partial charge in [-0.15, -0.1) is 5.53 Å². The molecule has 4 nitrogen and oxygen atoms in total. The van der Waals surface area contributed by atoms with Crippen LogP contribution >= 0.6 is 0 Å². The van der Waals surface area contributed by atoms with E-state index in [0.29, 0.717) is 0 Å². The Morgan fingerprint density at radius 1 is 1.67 bits per heavy atom. The minimum Gasteiger partial charge on any atom is -0.323 e. The van der Waals surface area contributed by atoms with Crippen molar-refractivity contribution in [2.75, 3.05) is 14.1 Å². The predicted molar refractivity (Wildman–Crippen MR) is 24.4 cm³/mol. The SMILES string of the molecule is CNC.[N-]=[N+]=N. The average molecular weight is 88.1 g/mol. The van der Waals surface area contributed by atoms with Crippen LogP contribution in [0.4, 0.5) is 0 Å². The lowest BCUT2D eigenvalue weighted by atomic mass is 11.3. The van der Waals surface area contributed by atoms with Gasteiger partial charge in [-0.25, -0.2) is 0 Å². The van der Waals surface area contributed by atoms with E-state index in [1.807, 2.05) is 14.1 Å². The number of nitrogens with one attached hydrogen (secondary N) is 2. The Hall–Kier alpha value is -0.730. The molecule has 4 heteroatoms. The summed E-state index contributed by atoms with van der Waals surface area (Å²) < 4.78 is 0. The summed E-state index contributed by atoms with van der Waals surface area (Å²) in [5.41, 5.74) is 12.2. The zero-order valence-electron chi connectivity index (χ0n) is 3.89. The first-order valence-corrected chi connectivity index (χ1v) is 1.42. The molecule has 2 N–H and O–H groups in total. The number of hydrogen-bond acceptors (Lipinski definition) is 2. The lowest BCUT2D eigenvalue weighted by molar-refractivity contribution is 1.02. The van der Waals surface area contributed by atoms with Crippen molar-refractivity contribution in [2.24, 2.45) is 0 Å². The topological polar surface area (TPSA) is 72.3 Å². The van der Waals surface area contributed by atoms with Gasteiger partial charge in [0.05, 0.1) is 0 Å². The van der Waals surface area contributed by atoms with Crippen LogP contribution in [0, 0.1) is 5.53 Å². The summed E-state index contributed by atoms with van der Waals surface area (Å²) in [6, 6.07) is 0. The van der Waals surface area contributed by atoms with E-state index >= 15 is 0 Å². The van der Waals surface area contributed by atoms with Gasteiger partial charge in [0, 0.05) is 0 Å². The minimum absolute atomic E-state index is 1.75. The first kappa shape index (κ1) is 8.99. The molecule has 0 aliphatic rings. The van der Waals surface area contributed by atoms with E-state index in [-0.39, 0.29) is 0 Å². The maximum absolute atomic E-state index is 6.86. The summed E-state index contributed by atoms with van der Waals surface area (Å²) in [5, 5.41) is 2.75. The van der Waals surface area contributed by atoms with Gasteiger partial charge in [0.25, 0.3) is 0 Å². The molecule has 0 spiro atoms. The van der Waals surface area contributed by atoms with E-state index in [1.54, 1.807) is 4.91 Å². The maximum atomic E-state index is 6.86. The van der Waals surface area contributed by atoms with Crippen LogP contribution in [0.25, 0.3) is 10.4 Å². The van der Waals surface area contributed by atoms with Crippen LogP contribution in [0.1, 0.15) is 0 Å². The Labute approximate surface area is 36.6 Å². The molecule has 0 unspecified atom stereocenters. The molecule has 0 radical (unpaired) electrons. The molecule has 0 bridgehead atoms. The van der Waals surface area contributed by atoms with Crippen LogP contribution < -0.4 is 5.32 Å². The molecule has 0 aliphatic carbocycles. The fourth-order valence-electron chi connectivity index (χ4n) is 0. The van der Waals surface area contributed by atoms with Gasteiger partial charge in [-0.3, -0.25) is 0 Å². The molecule has 0 amide bonds. The first-order chi connectivity index (χ1) is 2.83. The molecule has 0 saturated heterocycles. The van der Waals surface area contributed by atoms with Gasteiger partial charge in [-0.05, 0) is 24.5 Å².